The third-order valence-electron chi connectivity index (χ3n) is 8.60. The lowest BCUT2D eigenvalue weighted by Crippen LogP contribution is -2.57. The van der Waals surface area contributed by atoms with Gasteiger partial charge >= 0.3 is 12.2 Å². The Morgan fingerprint density at radius 1 is 1.00 bits per heavy atom. The molecule has 0 aromatic heterocycles. The Labute approximate surface area is 240 Å². The fraction of sp³-hybridized carbons (Fsp3) is 0.364. The van der Waals surface area contributed by atoms with E-state index in [9.17, 15) is 14.4 Å². The lowest BCUT2D eigenvalue weighted by Gasteiger charge is -2.49. The van der Waals surface area contributed by atoms with Crippen molar-refractivity contribution < 1.29 is 23.9 Å². The Morgan fingerprint density at radius 3 is 2.54 bits per heavy atom. The summed E-state index contributed by atoms with van der Waals surface area (Å²) in [7, 11) is 1.55. The second-order valence-corrected chi connectivity index (χ2v) is 11.3. The van der Waals surface area contributed by atoms with E-state index in [1.807, 2.05) is 48.5 Å². The summed E-state index contributed by atoms with van der Waals surface area (Å²) in [6, 6.07) is 22.0. The van der Waals surface area contributed by atoms with Gasteiger partial charge in [0.2, 0.25) is 0 Å². The Kier molecular flexibility index (Phi) is 8.28. The van der Waals surface area contributed by atoms with Gasteiger partial charge in [0.25, 0.3) is 5.91 Å². The quantitative estimate of drug-likeness (QED) is 0.381. The van der Waals surface area contributed by atoms with E-state index in [0.717, 1.165) is 49.7 Å². The first-order chi connectivity index (χ1) is 19.8. The standard InChI is InChI=1S/C33H37N3O5/c1-33-18-10-4-7-13-24(29(33)35-31(38)40-21-22-11-5-3-6-12-22)19-23-16-17-25(20-27(23)33)41-32(39)36(2)28-15-9-8-14-26(28)30(34)37/h3,5-6,8-9,11-12,14-17,20,24,29H,4,7,10,13,18-19,21H2,1-2H3,(H2,34,37)(H,35,38)/t24-,29-,33+/m0/s1. The maximum atomic E-state index is 13.1. The van der Waals surface area contributed by atoms with Crippen molar-refractivity contribution in [1.82, 2.24) is 5.32 Å². The molecule has 0 unspecified atom stereocenters. The van der Waals surface area contributed by atoms with Crippen molar-refractivity contribution in [2.24, 2.45) is 11.7 Å². The second-order valence-electron chi connectivity index (χ2n) is 11.3. The number of fused-ring (bicyclic) bond motifs is 4. The molecule has 3 atom stereocenters. The second kappa shape index (κ2) is 12.0. The van der Waals surface area contributed by atoms with Crippen LogP contribution in [0, 0.1) is 5.92 Å². The number of rotatable bonds is 6. The zero-order chi connectivity index (χ0) is 29.0. The summed E-state index contributed by atoms with van der Waals surface area (Å²) in [4.78, 5) is 39.3. The van der Waals surface area contributed by atoms with E-state index in [-0.39, 0.29) is 29.5 Å². The molecule has 3 aromatic carbocycles. The molecule has 0 saturated heterocycles. The fourth-order valence-electron chi connectivity index (χ4n) is 6.46. The molecule has 214 valence electrons. The minimum absolute atomic E-state index is 0.116. The molecule has 2 bridgehead atoms. The molecule has 41 heavy (non-hydrogen) atoms. The van der Waals surface area contributed by atoms with Crippen molar-refractivity contribution >= 4 is 23.8 Å². The smallest absolute Gasteiger partial charge is 0.419 e. The number of carbonyl (C=O) groups is 3. The number of amides is 3. The van der Waals surface area contributed by atoms with Gasteiger partial charge in [-0.2, -0.15) is 0 Å². The number of hydrogen-bond donors (Lipinski definition) is 2. The summed E-state index contributed by atoms with van der Waals surface area (Å²) < 4.78 is 11.4. The molecule has 3 N–H and O–H groups in total. The molecular weight excluding hydrogens is 518 g/mol. The Hall–Kier alpha value is -4.33. The number of primary amides is 1. The summed E-state index contributed by atoms with van der Waals surface area (Å²) in [6.45, 7) is 2.41. The van der Waals surface area contributed by atoms with Crippen LogP contribution >= 0.6 is 0 Å². The largest absolute Gasteiger partial charge is 0.445 e. The molecule has 1 fully saturated rings. The van der Waals surface area contributed by atoms with Gasteiger partial charge in [0.15, 0.2) is 0 Å². The molecule has 8 heteroatoms. The van der Waals surface area contributed by atoms with Crippen LogP contribution in [0.25, 0.3) is 0 Å². The normalized spacial score (nSPS) is 21.4. The van der Waals surface area contributed by atoms with Crippen molar-refractivity contribution in [1.29, 1.82) is 0 Å². The Balaban J connectivity index is 1.37. The molecule has 1 saturated carbocycles. The molecule has 3 aromatic rings. The lowest BCUT2D eigenvalue weighted by atomic mass is 9.59. The van der Waals surface area contributed by atoms with Gasteiger partial charge in [0.1, 0.15) is 12.4 Å². The van der Waals surface area contributed by atoms with E-state index in [1.165, 1.54) is 10.5 Å². The maximum absolute atomic E-state index is 13.1. The summed E-state index contributed by atoms with van der Waals surface area (Å²) in [5.41, 5.74) is 8.97. The van der Waals surface area contributed by atoms with Crippen molar-refractivity contribution in [2.75, 3.05) is 11.9 Å². The van der Waals surface area contributed by atoms with E-state index in [0.29, 0.717) is 11.4 Å². The van der Waals surface area contributed by atoms with Crippen LogP contribution in [-0.4, -0.2) is 31.2 Å². The van der Waals surface area contributed by atoms with Gasteiger partial charge in [0.05, 0.1) is 11.3 Å². The number of anilines is 1. The number of carbonyl (C=O) groups excluding carboxylic acids is 3. The average Bonchev–Trinajstić information content (AvgIpc) is 2.97. The third kappa shape index (κ3) is 6.06. The molecule has 2 aliphatic rings. The molecular formula is C33H37N3O5. The van der Waals surface area contributed by atoms with Gasteiger partial charge in [-0.05, 0) is 66.1 Å². The summed E-state index contributed by atoms with van der Waals surface area (Å²) in [5, 5.41) is 3.24. The molecule has 8 nitrogen and oxygen atoms in total. The summed E-state index contributed by atoms with van der Waals surface area (Å²) in [6.07, 6.45) is 5.01. The first-order valence-corrected chi connectivity index (χ1v) is 14.2. The highest BCUT2D eigenvalue weighted by atomic mass is 16.6. The molecule has 5 rings (SSSR count). The molecule has 2 aliphatic carbocycles. The number of para-hydroxylation sites is 1. The van der Waals surface area contributed by atoms with Crippen molar-refractivity contribution in [2.45, 2.75) is 63.5 Å². The third-order valence-corrected chi connectivity index (χ3v) is 8.60. The van der Waals surface area contributed by atoms with Crippen LogP contribution in [0.2, 0.25) is 0 Å². The highest BCUT2D eigenvalue weighted by Gasteiger charge is 2.47. The van der Waals surface area contributed by atoms with Crippen molar-refractivity contribution in [3.05, 3.63) is 95.1 Å². The molecule has 0 radical (unpaired) electrons. The summed E-state index contributed by atoms with van der Waals surface area (Å²) >= 11 is 0. The van der Waals surface area contributed by atoms with Gasteiger partial charge in [-0.1, -0.05) is 74.7 Å². The monoisotopic (exact) mass is 555 g/mol. The first-order valence-electron chi connectivity index (χ1n) is 14.2. The zero-order valence-electron chi connectivity index (χ0n) is 23.6. The predicted molar refractivity (Wildman–Crippen MR) is 157 cm³/mol. The lowest BCUT2D eigenvalue weighted by molar-refractivity contribution is 0.100. The van der Waals surface area contributed by atoms with Crippen molar-refractivity contribution in [3.63, 3.8) is 0 Å². The topological polar surface area (TPSA) is 111 Å². The average molecular weight is 556 g/mol. The number of nitrogens with two attached hydrogens (primary N) is 1. The van der Waals surface area contributed by atoms with E-state index in [2.05, 4.69) is 12.2 Å². The first kappa shape index (κ1) is 28.2. The number of nitrogens with one attached hydrogen (secondary N) is 1. The van der Waals surface area contributed by atoms with E-state index in [1.54, 1.807) is 31.3 Å². The highest BCUT2D eigenvalue weighted by Crippen LogP contribution is 2.47. The van der Waals surface area contributed by atoms with Gasteiger partial charge in [-0.25, -0.2) is 9.59 Å². The number of hydrogen-bond acceptors (Lipinski definition) is 5. The van der Waals surface area contributed by atoms with E-state index >= 15 is 0 Å². The molecule has 0 heterocycles. The van der Waals surface area contributed by atoms with Gasteiger partial charge < -0.3 is 20.5 Å². The van der Waals surface area contributed by atoms with E-state index in [4.69, 9.17) is 15.2 Å². The highest BCUT2D eigenvalue weighted by molar-refractivity contribution is 6.02. The van der Waals surface area contributed by atoms with Crippen LogP contribution in [0.4, 0.5) is 15.3 Å². The zero-order valence-corrected chi connectivity index (χ0v) is 23.6. The maximum Gasteiger partial charge on any atom is 0.419 e. The Morgan fingerprint density at radius 2 is 1.76 bits per heavy atom. The van der Waals surface area contributed by atoms with Crippen LogP contribution in [-0.2, 0) is 23.2 Å². The van der Waals surface area contributed by atoms with Crippen LogP contribution in [0.15, 0.2) is 72.8 Å². The van der Waals surface area contributed by atoms with Crippen molar-refractivity contribution in [3.8, 4) is 5.75 Å². The summed E-state index contributed by atoms with van der Waals surface area (Å²) in [5.74, 6) is 0.0628. The van der Waals surface area contributed by atoms with Crippen LogP contribution in [0.1, 0.15) is 66.1 Å². The molecule has 0 spiro atoms. The molecule has 3 amide bonds. The van der Waals surface area contributed by atoms with Gasteiger partial charge in [-0.3, -0.25) is 9.69 Å². The molecule has 0 aliphatic heterocycles. The Bertz CT molecular complexity index is 1430. The van der Waals surface area contributed by atoms with Crippen LogP contribution < -0.4 is 20.7 Å². The van der Waals surface area contributed by atoms with Crippen LogP contribution in [0.5, 0.6) is 5.75 Å². The minimum Gasteiger partial charge on any atom is -0.445 e. The number of benzene rings is 3. The van der Waals surface area contributed by atoms with Crippen LogP contribution in [0.3, 0.4) is 0 Å². The van der Waals surface area contributed by atoms with E-state index < -0.39 is 18.1 Å². The van der Waals surface area contributed by atoms with Gasteiger partial charge in [0, 0.05) is 18.5 Å². The van der Waals surface area contributed by atoms with Gasteiger partial charge in [-0.15, -0.1) is 0 Å². The number of nitrogens with zero attached hydrogens (tertiary/aromatic N) is 1. The number of alkyl carbamates (subject to hydrolysis) is 1. The SMILES string of the molecule is CN(C(=O)Oc1ccc2c(c1)[C@@]1(C)CCCCC[C@@H](C2)[C@@H]1NC(=O)OCc1ccccc1)c1ccccc1C(N)=O. The minimum atomic E-state index is -0.630. The fourth-order valence-corrected chi connectivity index (χ4v) is 6.46. The predicted octanol–water partition coefficient (Wildman–Crippen LogP) is 6.11. The number of ether oxygens (including phenoxy) is 2.